The van der Waals surface area contributed by atoms with E-state index in [0.29, 0.717) is 11.0 Å². The maximum absolute atomic E-state index is 13.7. The van der Waals surface area contributed by atoms with Crippen molar-refractivity contribution in [2.45, 2.75) is 11.6 Å². The second-order valence-corrected chi connectivity index (χ2v) is 7.77. The molecule has 0 radical (unpaired) electrons. The Morgan fingerprint density at radius 1 is 1.16 bits per heavy atom. The minimum atomic E-state index is -0.593. The molecule has 2 N–H and O–H groups in total. The standard InChI is InChI=1S/C19H16ClFN6O4S/c1-26-16(9-17(28)22-14-5-3-2-4-13(14)21)24-25-19(26)32-10-18(29)23-15-8-11(27(30)31)6-7-12(15)20/h2-8H,9-10H2,1H3,(H,22,28)(H,23,29). The van der Waals surface area contributed by atoms with E-state index in [2.05, 4.69) is 20.8 Å². The van der Waals surface area contributed by atoms with Gasteiger partial charge in [-0.15, -0.1) is 10.2 Å². The van der Waals surface area contributed by atoms with Crippen molar-refractivity contribution in [2.75, 3.05) is 16.4 Å². The van der Waals surface area contributed by atoms with Gasteiger partial charge in [-0.3, -0.25) is 19.7 Å². The van der Waals surface area contributed by atoms with Crippen molar-refractivity contribution in [3.63, 3.8) is 0 Å². The molecular formula is C19H16ClFN6O4S. The van der Waals surface area contributed by atoms with E-state index in [0.717, 1.165) is 11.8 Å². The fourth-order valence-electron chi connectivity index (χ4n) is 2.56. The molecule has 0 spiro atoms. The molecule has 3 aromatic rings. The number of carbonyl (C=O) groups excluding carboxylic acids is 2. The number of nitro groups is 1. The monoisotopic (exact) mass is 478 g/mol. The molecule has 1 aromatic heterocycles. The summed E-state index contributed by atoms with van der Waals surface area (Å²) in [5.74, 6) is -1.24. The van der Waals surface area contributed by atoms with Crippen LogP contribution in [0.1, 0.15) is 5.82 Å². The van der Waals surface area contributed by atoms with Crippen LogP contribution < -0.4 is 10.6 Å². The Kier molecular flexibility index (Phi) is 7.38. The van der Waals surface area contributed by atoms with Crippen LogP contribution in [0.25, 0.3) is 0 Å². The molecule has 0 aliphatic heterocycles. The van der Waals surface area contributed by atoms with Crippen molar-refractivity contribution in [1.82, 2.24) is 14.8 Å². The van der Waals surface area contributed by atoms with E-state index >= 15 is 0 Å². The first-order valence-electron chi connectivity index (χ1n) is 9.04. The normalized spacial score (nSPS) is 10.6. The summed E-state index contributed by atoms with van der Waals surface area (Å²) in [6.07, 6.45) is -0.145. The molecule has 1 heterocycles. The minimum Gasteiger partial charge on any atom is -0.324 e. The molecule has 0 bridgehead atoms. The van der Waals surface area contributed by atoms with Crippen LogP contribution in [0, 0.1) is 15.9 Å². The van der Waals surface area contributed by atoms with E-state index in [1.807, 2.05) is 0 Å². The lowest BCUT2D eigenvalue weighted by Gasteiger charge is -2.08. The average molecular weight is 479 g/mol. The van der Waals surface area contributed by atoms with Gasteiger partial charge in [-0.05, 0) is 18.2 Å². The molecule has 10 nitrogen and oxygen atoms in total. The molecule has 13 heteroatoms. The third kappa shape index (κ3) is 5.80. The van der Waals surface area contributed by atoms with Gasteiger partial charge >= 0.3 is 0 Å². The maximum atomic E-state index is 13.7. The molecule has 2 aromatic carbocycles. The number of benzene rings is 2. The van der Waals surface area contributed by atoms with Gasteiger partial charge in [0.1, 0.15) is 11.6 Å². The summed E-state index contributed by atoms with van der Waals surface area (Å²) in [5, 5.41) is 24.3. The number of hydrogen-bond acceptors (Lipinski definition) is 7. The van der Waals surface area contributed by atoms with Crippen LogP contribution in [0.4, 0.5) is 21.5 Å². The predicted octanol–water partition coefficient (Wildman–Crippen LogP) is 3.43. The molecule has 0 aliphatic carbocycles. The summed E-state index contributed by atoms with van der Waals surface area (Å²) in [6.45, 7) is 0. The van der Waals surface area contributed by atoms with E-state index in [9.17, 15) is 24.1 Å². The Labute approximate surface area is 190 Å². The van der Waals surface area contributed by atoms with Crippen molar-refractivity contribution in [1.29, 1.82) is 0 Å². The molecular weight excluding hydrogens is 463 g/mol. The summed E-state index contributed by atoms with van der Waals surface area (Å²) in [4.78, 5) is 34.7. The van der Waals surface area contributed by atoms with Crippen molar-refractivity contribution >= 4 is 52.2 Å². The van der Waals surface area contributed by atoms with Crippen molar-refractivity contribution < 1.29 is 18.9 Å². The zero-order valence-electron chi connectivity index (χ0n) is 16.5. The van der Waals surface area contributed by atoms with E-state index in [-0.39, 0.29) is 34.3 Å². The SMILES string of the molecule is Cn1c(CC(=O)Nc2ccccc2F)nnc1SCC(=O)Nc1cc([N+](=O)[O-])ccc1Cl. The number of thioether (sulfide) groups is 1. The van der Waals surface area contributed by atoms with Crippen LogP contribution in [-0.4, -0.2) is 37.3 Å². The molecule has 2 amide bonds. The van der Waals surface area contributed by atoms with Gasteiger partial charge in [0.25, 0.3) is 5.69 Å². The molecule has 32 heavy (non-hydrogen) atoms. The fourth-order valence-corrected chi connectivity index (χ4v) is 3.46. The number of aromatic nitrogens is 3. The Hall–Kier alpha value is -3.51. The average Bonchev–Trinajstić information content (AvgIpc) is 3.09. The van der Waals surface area contributed by atoms with Gasteiger partial charge in [0.15, 0.2) is 5.16 Å². The van der Waals surface area contributed by atoms with Crippen LogP contribution in [0.2, 0.25) is 5.02 Å². The van der Waals surface area contributed by atoms with Crippen molar-refractivity contribution in [3.05, 3.63) is 69.2 Å². The number of anilines is 2. The number of hydrogen-bond donors (Lipinski definition) is 2. The number of para-hydroxylation sites is 1. The van der Waals surface area contributed by atoms with Gasteiger partial charge < -0.3 is 15.2 Å². The van der Waals surface area contributed by atoms with Gasteiger partial charge in [-0.1, -0.05) is 35.5 Å². The Balaban J connectivity index is 1.57. The second kappa shape index (κ2) is 10.2. The van der Waals surface area contributed by atoms with E-state index in [4.69, 9.17) is 11.6 Å². The van der Waals surface area contributed by atoms with Crippen molar-refractivity contribution in [3.8, 4) is 0 Å². The number of nitro benzene ring substituents is 1. The lowest BCUT2D eigenvalue weighted by molar-refractivity contribution is -0.384. The lowest BCUT2D eigenvalue weighted by Crippen LogP contribution is -2.18. The molecule has 0 saturated heterocycles. The molecule has 3 rings (SSSR count). The van der Waals surface area contributed by atoms with Gasteiger partial charge in [0, 0.05) is 19.2 Å². The zero-order chi connectivity index (χ0) is 23.3. The lowest BCUT2D eigenvalue weighted by atomic mass is 10.3. The topological polar surface area (TPSA) is 132 Å². The number of rotatable bonds is 8. The van der Waals surface area contributed by atoms with Gasteiger partial charge in [0.2, 0.25) is 11.8 Å². The van der Waals surface area contributed by atoms with Crippen LogP contribution >= 0.6 is 23.4 Å². The summed E-state index contributed by atoms with van der Waals surface area (Å²) >= 11 is 7.03. The number of halogens is 2. The number of carbonyl (C=O) groups is 2. The van der Waals surface area contributed by atoms with Gasteiger partial charge in [-0.2, -0.15) is 0 Å². The number of amides is 2. The highest BCUT2D eigenvalue weighted by molar-refractivity contribution is 7.99. The largest absolute Gasteiger partial charge is 0.324 e. The van der Waals surface area contributed by atoms with Gasteiger partial charge in [0.05, 0.1) is 33.5 Å². The van der Waals surface area contributed by atoms with Gasteiger partial charge in [-0.25, -0.2) is 4.39 Å². The Morgan fingerprint density at radius 2 is 1.88 bits per heavy atom. The van der Waals surface area contributed by atoms with E-state index in [1.54, 1.807) is 17.7 Å². The Bertz CT molecular complexity index is 1190. The van der Waals surface area contributed by atoms with Crippen molar-refractivity contribution in [2.24, 2.45) is 7.05 Å². The van der Waals surface area contributed by atoms with Crippen LogP contribution in [-0.2, 0) is 23.1 Å². The predicted molar refractivity (Wildman–Crippen MR) is 117 cm³/mol. The summed E-state index contributed by atoms with van der Waals surface area (Å²) in [5.41, 5.74) is -0.0235. The maximum Gasteiger partial charge on any atom is 0.271 e. The molecule has 0 fully saturated rings. The molecule has 0 aliphatic rings. The molecule has 0 saturated carbocycles. The van der Waals surface area contributed by atoms with Crippen LogP contribution in [0.3, 0.4) is 0 Å². The first kappa shape index (κ1) is 23.2. The van der Waals surface area contributed by atoms with E-state index in [1.165, 1.54) is 36.4 Å². The molecule has 0 unspecified atom stereocenters. The third-order valence-electron chi connectivity index (χ3n) is 4.16. The Morgan fingerprint density at radius 3 is 2.59 bits per heavy atom. The van der Waals surface area contributed by atoms with Crippen LogP contribution in [0.15, 0.2) is 47.6 Å². The van der Waals surface area contributed by atoms with E-state index < -0.39 is 22.6 Å². The third-order valence-corrected chi connectivity index (χ3v) is 5.51. The smallest absolute Gasteiger partial charge is 0.271 e. The summed E-state index contributed by atoms with van der Waals surface area (Å²) < 4.78 is 15.2. The highest BCUT2D eigenvalue weighted by Crippen LogP contribution is 2.27. The highest BCUT2D eigenvalue weighted by atomic mass is 35.5. The highest BCUT2D eigenvalue weighted by Gasteiger charge is 2.17. The number of nitrogens with zero attached hydrogens (tertiary/aromatic N) is 4. The molecule has 166 valence electrons. The summed E-state index contributed by atoms with van der Waals surface area (Å²) in [6, 6.07) is 9.51. The minimum absolute atomic E-state index is 0.0609. The quantitative estimate of drug-likeness (QED) is 0.288. The molecule has 0 atom stereocenters. The first-order valence-corrected chi connectivity index (χ1v) is 10.4. The second-order valence-electron chi connectivity index (χ2n) is 6.42. The fraction of sp³-hybridized carbons (Fsp3) is 0.158. The zero-order valence-corrected chi connectivity index (χ0v) is 18.1. The number of nitrogens with one attached hydrogen (secondary N) is 2. The first-order chi connectivity index (χ1) is 15.2. The number of non-ortho nitro benzene ring substituents is 1. The summed E-state index contributed by atoms with van der Waals surface area (Å²) in [7, 11) is 1.63. The van der Waals surface area contributed by atoms with Crippen LogP contribution in [0.5, 0.6) is 0 Å².